The zero-order valence-electron chi connectivity index (χ0n) is 16.8. The molecule has 4 aromatic rings. The smallest absolute Gasteiger partial charge is 0.239 e. The lowest BCUT2D eigenvalue weighted by Gasteiger charge is -2.16. The molecule has 31 heavy (non-hydrogen) atoms. The van der Waals surface area contributed by atoms with Gasteiger partial charge in [-0.25, -0.2) is 14.4 Å². The highest BCUT2D eigenvalue weighted by Gasteiger charge is 2.23. The summed E-state index contributed by atoms with van der Waals surface area (Å²) in [5, 5.41) is 8.58. The van der Waals surface area contributed by atoms with E-state index in [9.17, 15) is 4.39 Å². The van der Waals surface area contributed by atoms with Gasteiger partial charge in [-0.3, -0.25) is 9.29 Å². The number of para-hydroxylation sites is 1. The van der Waals surface area contributed by atoms with E-state index in [4.69, 9.17) is 13.9 Å². The number of methoxy groups -OCH3 is 2. The Morgan fingerprint density at radius 1 is 1.06 bits per heavy atom. The van der Waals surface area contributed by atoms with Gasteiger partial charge in [0.15, 0.2) is 11.6 Å². The van der Waals surface area contributed by atoms with Crippen LogP contribution in [0, 0.1) is 5.82 Å². The molecular formula is C20H19FN6O3S. The molecule has 0 radical (unpaired) electrons. The number of hydrogen-bond acceptors (Lipinski definition) is 9. The number of rotatable bonds is 9. The van der Waals surface area contributed by atoms with Crippen molar-refractivity contribution in [1.82, 2.24) is 24.7 Å². The number of hydrogen-bond donors (Lipinski definition) is 1. The molecule has 9 nitrogen and oxygen atoms in total. The topological polar surface area (TPSA) is 100 Å². The summed E-state index contributed by atoms with van der Waals surface area (Å²) in [5.74, 6) is 3.37. The van der Waals surface area contributed by atoms with Crippen LogP contribution in [0.4, 0.5) is 10.3 Å². The molecule has 0 bridgehead atoms. The molecule has 0 aliphatic carbocycles. The first-order valence-electron chi connectivity index (χ1n) is 9.26. The van der Waals surface area contributed by atoms with Gasteiger partial charge < -0.3 is 13.9 Å². The first kappa shape index (κ1) is 20.7. The highest BCUT2D eigenvalue weighted by atomic mass is 32.2. The average Bonchev–Trinajstić information content (AvgIpc) is 3.47. The van der Waals surface area contributed by atoms with Crippen molar-refractivity contribution in [1.29, 1.82) is 0 Å². The fourth-order valence-corrected chi connectivity index (χ4v) is 3.55. The minimum Gasteiger partial charge on any atom is -0.494 e. The number of aryl methyl sites for hydroxylation is 1. The first-order chi connectivity index (χ1) is 15.2. The summed E-state index contributed by atoms with van der Waals surface area (Å²) in [6.07, 6.45) is 4.43. The molecule has 0 unspecified atom stereocenters. The number of nitrogens with one attached hydrogen (secondary N) is 1. The van der Waals surface area contributed by atoms with Crippen LogP contribution in [0.1, 0.15) is 5.82 Å². The Morgan fingerprint density at radius 3 is 2.45 bits per heavy atom. The lowest BCUT2D eigenvalue weighted by molar-refractivity contribution is 0.391. The molecule has 1 N–H and O–H groups in total. The summed E-state index contributed by atoms with van der Waals surface area (Å²) >= 11 is 1.39. The van der Waals surface area contributed by atoms with E-state index in [0.717, 1.165) is 12.4 Å². The molecule has 4 rings (SSSR count). The van der Waals surface area contributed by atoms with Gasteiger partial charge in [-0.05, 0) is 36.2 Å². The van der Waals surface area contributed by atoms with Gasteiger partial charge in [0.1, 0.15) is 23.0 Å². The van der Waals surface area contributed by atoms with Crippen molar-refractivity contribution in [3.8, 4) is 28.8 Å². The second-order valence-corrected chi connectivity index (χ2v) is 7.09. The van der Waals surface area contributed by atoms with Gasteiger partial charge in [0.05, 0.1) is 32.9 Å². The van der Waals surface area contributed by atoms with Crippen LogP contribution in [0.15, 0.2) is 53.4 Å². The third kappa shape index (κ3) is 4.45. The number of nitrogens with zero attached hydrogens (tertiary/aromatic N) is 5. The van der Waals surface area contributed by atoms with Crippen LogP contribution in [-0.2, 0) is 6.42 Å². The molecule has 0 aliphatic heterocycles. The van der Waals surface area contributed by atoms with Gasteiger partial charge in [-0.2, -0.15) is 0 Å². The van der Waals surface area contributed by atoms with Crippen LogP contribution in [0.3, 0.4) is 0 Å². The summed E-state index contributed by atoms with van der Waals surface area (Å²) in [5.41, 5.74) is 0.633. The van der Waals surface area contributed by atoms with Crippen molar-refractivity contribution in [2.24, 2.45) is 0 Å². The number of anilines is 1. The van der Waals surface area contributed by atoms with Gasteiger partial charge >= 0.3 is 0 Å². The lowest BCUT2D eigenvalue weighted by atomic mass is 10.2. The van der Waals surface area contributed by atoms with E-state index in [1.807, 2.05) is 18.2 Å². The molecule has 0 atom stereocenters. The normalized spacial score (nSPS) is 10.8. The minimum absolute atomic E-state index is 0.458. The largest absolute Gasteiger partial charge is 0.494 e. The van der Waals surface area contributed by atoms with E-state index in [-0.39, 0.29) is 0 Å². The fraction of sp³-hybridized carbons (Fsp3) is 0.200. The molecule has 0 fully saturated rings. The van der Waals surface area contributed by atoms with Gasteiger partial charge in [-0.15, -0.1) is 10.2 Å². The summed E-state index contributed by atoms with van der Waals surface area (Å²) in [6.45, 7) is 0. The summed E-state index contributed by atoms with van der Waals surface area (Å²) < 4.78 is 34.6. The molecule has 0 saturated carbocycles. The second-order valence-electron chi connectivity index (χ2n) is 6.19. The number of ether oxygens (including phenoxy) is 2. The number of aromatic nitrogens is 5. The average molecular weight is 442 g/mol. The Balaban J connectivity index is 1.63. The minimum atomic E-state index is -0.459. The van der Waals surface area contributed by atoms with E-state index in [2.05, 4.69) is 24.9 Å². The van der Waals surface area contributed by atoms with E-state index in [0.29, 0.717) is 52.7 Å². The van der Waals surface area contributed by atoms with Crippen LogP contribution in [0.25, 0.3) is 17.3 Å². The highest BCUT2D eigenvalue weighted by molar-refractivity contribution is 8.00. The maximum atomic E-state index is 13.0. The molecule has 3 aromatic heterocycles. The zero-order chi connectivity index (χ0) is 21.6. The van der Waals surface area contributed by atoms with Crippen molar-refractivity contribution in [2.75, 3.05) is 24.7 Å². The van der Waals surface area contributed by atoms with Gasteiger partial charge in [-0.1, -0.05) is 6.07 Å². The molecule has 0 amide bonds. The van der Waals surface area contributed by atoms with Crippen LogP contribution < -0.4 is 14.2 Å². The van der Waals surface area contributed by atoms with Crippen molar-refractivity contribution >= 4 is 17.9 Å². The molecule has 3 heterocycles. The van der Waals surface area contributed by atoms with Crippen molar-refractivity contribution < 1.29 is 18.3 Å². The number of benzene rings is 1. The SMILES string of the molecule is COc1cccc(OC)c1-n1c(NSCCc2ncc(F)cn2)nnc1-c1ccco1. The molecule has 11 heteroatoms. The van der Waals surface area contributed by atoms with E-state index >= 15 is 0 Å². The quantitative estimate of drug-likeness (QED) is 0.307. The van der Waals surface area contributed by atoms with Crippen molar-refractivity contribution in [3.63, 3.8) is 0 Å². The van der Waals surface area contributed by atoms with Crippen molar-refractivity contribution in [3.05, 3.63) is 60.6 Å². The Kier molecular flexibility index (Phi) is 6.32. The molecule has 0 spiro atoms. The monoisotopic (exact) mass is 442 g/mol. The van der Waals surface area contributed by atoms with Crippen molar-refractivity contribution in [2.45, 2.75) is 6.42 Å². The molecule has 160 valence electrons. The molecule has 1 aromatic carbocycles. The Morgan fingerprint density at radius 2 is 1.81 bits per heavy atom. The number of furan rings is 1. The maximum absolute atomic E-state index is 13.0. The molecule has 0 saturated heterocycles. The fourth-order valence-electron chi connectivity index (χ4n) is 2.91. The summed E-state index contributed by atoms with van der Waals surface area (Å²) in [7, 11) is 3.17. The van der Waals surface area contributed by atoms with Gasteiger partial charge in [0, 0.05) is 12.2 Å². The predicted molar refractivity (Wildman–Crippen MR) is 114 cm³/mol. The van der Waals surface area contributed by atoms with Gasteiger partial charge in [0.25, 0.3) is 0 Å². The van der Waals surface area contributed by atoms with Gasteiger partial charge in [0.2, 0.25) is 11.8 Å². The van der Waals surface area contributed by atoms with Crippen LogP contribution in [-0.4, -0.2) is 44.7 Å². The Labute approximate surface area is 181 Å². The standard InChI is InChI=1S/C20H19FN6O3S/c1-28-14-5-3-6-15(29-2)18(14)27-19(16-7-4-9-30-16)24-25-20(27)26-31-10-8-17-22-11-13(21)12-23-17/h3-7,9,11-12H,8,10H2,1-2H3,(H,25,26). The third-order valence-corrected chi connectivity index (χ3v) is 5.03. The summed E-state index contributed by atoms with van der Waals surface area (Å²) in [4.78, 5) is 7.93. The van der Waals surface area contributed by atoms with Crippen LogP contribution >= 0.6 is 11.9 Å². The van der Waals surface area contributed by atoms with Crippen LogP contribution in [0.2, 0.25) is 0 Å². The highest BCUT2D eigenvalue weighted by Crippen LogP contribution is 2.37. The first-order valence-corrected chi connectivity index (χ1v) is 10.2. The predicted octanol–water partition coefficient (Wildman–Crippen LogP) is 3.78. The zero-order valence-corrected chi connectivity index (χ0v) is 17.6. The maximum Gasteiger partial charge on any atom is 0.239 e. The van der Waals surface area contributed by atoms with E-state index in [1.54, 1.807) is 37.2 Å². The van der Waals surface area contributed by atoms with Crippen LogP contribution in [0.5, 0.6) is 11.5 Å². The second kappa shape index (κ2) is 9.47. The van der Waals surface area contributed by atoms with E-state index in [1.165, 1.54) is 11.9 Å². The lowest BCUT2D eigenvalue weighted by Crippen LogP contribution is -2.07. The molecular weight excluding hydrogens is 423 g/mol. The third-order valence-electron chi connectivity index (χ3n) is 4.30. The Bertz CT molecular complexity index is 1110. The Hall–Kier alpha value is -3.60. The molecule has 0 aliphatic rings. The summed E-state index contributed by atoms with van der Waals surface area (Å²) in [6, 6.07) is 9.06. The van der Waals surface area contributed by atoms with E-state index < -0.39 is 5.82 Å². The number of halogens is 1.